The molecule has 2 heteroatoms. The lowest BCUT2D eigenvalue weighted by Gasteiger charge is -2.30. The van der Waals surface area contributed by atoms with Crippen LogP contribution in [0.1, 0.15) is 39.0 Å². The van der Waals surface area contributed by atoms with Gasteiger partial charge in [-0.3, -0.25) is 0 Å². The van der Waals surface area contributed by atoms with Gasteiger partial charge in [0.05, 0.1) is 6.10 Å². The Morgan fingerprint density at radius 1 is 1.50 bits per heavy atom. The van der Waals surface area contributed by atoms with Crippen molar-refractivity contribution in [2.45, 2.75) is 51.2 Å². The summed E-state index contributed by atoms with van der Waals surface area (Å²) in [4.78, 5) is 0. The Labute approximate surface area is 75.5 Å². The third kappa shape index (κ3) is 2.46. The first kappa shape index (κ1) is 10.0. The first-order chi connectivity index (χ1) is 5.77. The van der Waals surface area contributed by atoms with Crippen LogP contribution in [0.4, 0.5) is 0 Å². The van der Waals surface area contributed by atoms with E-state index in [1.165, 1.54) is 19.3 Å². The van der Waals surface area contributed by atoms with Gasteiger partial charge < -0.3 is 10.5 Å². The molecule has 0 amide bonds. The van der Waals surface area contributed by atoms with Gasteiger partial charge in [-0.2, -0.15) is 0 Å². The van der Waals surface area contributed by atoms with Crippen molar-refractivity contribution in [3.05, 3.63) is 0 Å². The van der Waals surface area contributed by atoms with E-state index in [9.17, 15) is 0 Å². The van der Waals surface area contributed by atoms with Crippen LogP contribution in [0.25, 0.3) is 0 Å². The van der Waals surface area contributed by atoms with Gasteiger partial charge in [-0.15, -0.1) is 0 Å². The molecule has 1 saturated carbocycles. The van der Waals surface area contributed by atoms with Gasteiger partial charge in [-0.25, -0.2) is 0 Å². The summed E-state index contributed by atoms with van der Waals surface area (Å²) in [5.41, 5.74) is 6.02. The predicted octanol–water partition coefficient (Wildman–Crippen LogP) is 1.93. The minimum Gasteiger partial charge on any atom is -0.380 e. The molecule has 0 spiro atoms. The first-order valence-electron chi connectivity index (χ1n) is 5.06. The highest BCUT2D eigenvalue weighted by Gasteiger charge is 2.24. The normalized spacial score (nSPS) is 23.2. The molecule has 1 rings (SSSR count). The van der Waals surface area contributed by atoms with Crippen LogP contribution in [0, 0.1) is 5.92 Å². The summed E-state index contributed by atoms with van der Waals surface area (Å²) in [5.74, 6) is 0.893. The van der Waals surface area contributed by atoms with Crippen LogP contribution < -0.4 is 5.73 Å². The number of nitrogens with two attached hydrogens (primary N) is 1. The maximum atomic E-state index is 6.02. The molecule has 2 N–H and O–H groups in total. The van der Waals surface area contributed by atoms with Gasteiger partial charge in [0.15, 0.2) is 0 Å². The van der Waals surface area contributed by atoms with Crippen LogP contribution >= 0.6 is 0 Å². The fourth-order valence-corrected chi connectivity index (χ4v) is 1.91. The fourth-order valence-electron chi connectivity index (χ4n) is 1.91. The lowest BCUT2D eigenvalue weighted by atomic mass is 9.80. The van der Waals surface area contributed by atoms with Gasteiger partial charge in [-0.1, -0.05) is 26.2 Å². The first-order valence-corrected chi connectivity index (χ1v) is 5.06. The third-order valence-corrected chi connectivity index (χ3v) is 3.01. The van der Waals surface area contributed by atoms with Crippen LogP contribution in [0.5, 0.6) is 0 Å². The highest BCUT2D eigenvalue weighted by atomic mass is 16.5. The summed E-state index contributed by atoms with van der Waals surface area (Å²) in [5, 5.41) is 0. The number of hydrogen-bond donors (Lipinski definition) is 1. The number of methoxy groups -OCH3 is 1. The average Bonchev–Trinajstić information content (AvgIpc) is 1.99. The van der Waals surface area contributed by atoms with Gasteiger partial charge in [0.25, 0.3) is 0 Å². The minimum absolute atomic E-state index is 0.255. The molecule has 2 unspecified atom stereocenters. The molecule has 0 radical (unpaired) electrons. The number of ether oxygens (including phenoxy) is 1. The Hall–Kier alpha value is -0.0800. The second kappa shape index (κ2) is 4.83. The molecule has 12 heavy (non-hydrogen) atoms. The zero-order chi connectivity index (χ0) is 8.97. The molecule has 0 bridgehead atoms. The molecule has 2 atom stereocenters. The van der Waals surface area contributed by atoms with Crippen molar-refractivity contribution in [1.29, 1.82) is 0 Å². The van der Waals surface area contributed by atoms with Crippen LogP contribution in [-0.4, -0.2) is 19.3 Å². The van der Waals surface area contributed by atoms with E-state index in [2.05, 4.69) is 6.92 Å². The summed E-state index contributed by atoms with van der Waals surface area (Å²) in [6, 6.07) is 0.255. The van der Waals surface area contributed by atoms with Crippen molar-refractivity contribution in [2.75, 3.05) is 7.11 Å². The van der Waals surface area contributed by atoms with Crippen molar-refractivity contribution in [2.24, 2.45) is 11.7 Å². The molecule has 0 aromatic rings. The summed E-state index contributed by atoms with van der Waals surface area (Å²) < 4.78 is 5.31. The monoisotopic (exact) mass is 171 g/mol. The van der Waals surface area contributed by atoms with Gasteiger partial charge in [0, 0.05) is 13.2 Å². The number of rotatable bonds is 5. The topological polar surface area (TPSA) is 35.2 Å². The summed E-state index contributed by atoms with van der Waals surface area (Å²) >= 11 is 0. The third-order valence-electron chi connectivity index (χ3n) is 3.01. The average molecular weight is 171 g/mol. The van der Waals surface area contributed by atoms with Gasteiger partial charge in [0.2, 0.25) is 0 Å². The van der Waals surface area contributed by atoms with E-state index < -0.39 is 0 Å². The van der Waals surface area contributed by atoms with E-state index >= 15 is 0 Å². The molecule has 1 fully saturated rings. The molecule has 0 aliphatic heterocycles. The molecule has 72 valence electrons. The van der Waals surface area contributed by atoms with E-state index in [-0.39, 0.29) is 12.1 Å². The largest absolute Gasteiger partial charge is 0.380 e. The van der Waals surface area contributed by atoms with Crippen LogP contribution in [0.3, 0.4) is 0 Å². The van der Waals surface area contributed by atoms with Gasteiger partial charge in [0.1, 0.15) is 0 Å². The van der Waals surface area contributed by atoms with E-state index in [0.29, 0.717) is 0 Å². The maximum absolute atomic E-state index is 6.02. The van der Waals surface area contributed by atoms with Crippen molar-refractivity contribution >= 4 is 0 Å². The minimum atomic E-state index is 0.255. The molecule has 0 aromatic carbocycles. The Balaban J connectivity index is 2.19. The molecule has 1 aliphatic carbocycles. The van der Waals surface area contributed by atoms with Crippen LogP contribution in [-0.2, 0) is 4.74 Å². The SMILES string of the molecule is CCC(OC)C(N)CC1CCC1. The molecular weight excluding hydrogens is 150 g/mol. The second-order valence-corrected chi connectivity index (χ2v) is 3.88. The Bertz CT molecular complexity index is 119. The van der Waals surface area contributed by atoms with Gasteiger partial charge >= 0.3 is 0 Å². The highest BCUT2D eigenvalue weighted by molar-refractivity contribution is 4.79. The molecular formula is C10H21NO. The van der Waals surface area contributed by atoms with Crippen LogP contribution in [0.2, 0.25) is 0 Å². The maximum Gasteiger partial charge on any atom is 0.0719 e. The smallest absolute Gasteiger partial charge is 0.0719 e. The summed E-state index contributed by atoms with van der Waals surface area (Å²) in [6.45, 7) is 2.13. The summed E-state index contributed by atoms with van der Waals surface area (Å²) in [7, 11) is 1.76. The Kier molecular flexibility index (Phi) is 4.02. The fraction of sp³-hybridized carbons (Fsp3) is 1.00. The van der Waals surface area contributed by atoms with E-state index in [0.717, 1.165) is 18.8 Å². The Morgan fingerprint density at radius 2 is 2.17 bits per heavy atom. The van der Waals surface area contributed by atoms with Crippen molar-refractivity contribution in [1.82, 2.24) is 0 Å². The molecule has 2 nitrogen and oxygen atoms in total. The van der Waals surface area contributed by atoms with Gasteiger partial charge in [-0.05, 0) is 18.8 Å². The Morgan fingerprint density at radius 3 is 2.50 bits per heavy atom. The molecule has 0 heterocycles. The zero-order valence-electron chi connectivity index (χ0n) is 8.25. The lowest BCUT2D eigenvalue weighted by Crippen LogP contribution is -2.38. The number of hydrogen-bond acceptors (Lipinski definition) is 2. The molecule has 0 aromatic heterocycles. The second-order valence-electron chi connectivity index (χ2n) is 3.88. The van der Waals surface area contributed by atoms with E-state index in [4.69, 9.17) is 10.5 Å². The molecule has 1 aliphatic rings. The lowest BCUT2D eigenvalue weighted by molar-refractivity contribution is 0.0641. The van der Waals surface area contributed by atoms with Crippen LogP contribution in [0.15, 0.2) is 0 Å². The van der Waals surface area contributed by atoms with Crippen molar-refractivity contribution in [3.63, 3.8) is 0 Å². The van der Waals surface area contributed by atoms with Crippen molar-refractivity contribution in [3.8, 4) is 0 Å². The molecule has 0 saturated heterocycles. The van der Waals surface area contributed by atoms with Crippen molar-refractivity contribution < 1.29 is 4.74 Å². The highest BCUT2D eigenvalue weighted by Crippen LogP contribution is 2.31. The summed E-state index contributed by atoms with van der Waals surface area (Å²) in [6.07, 6.45) is 6.63. The quantitative estimate of drug-likeness (QED) is 0.686. The predicted molar refractivity (Wildman–Crippen MR) is 51.0 cm³/mol. The van der Waals surface area contributed by atoms with E-state index in [1.54, 1.807) is 7.11 Å². The standard InChI is InChI=1S/C10H21NO/c1-3-10(12-2)9(11)7-8-5-4-6-8/h8-10H,3-7,11H2,1-2H3. The van der Waals surface area contributed by atoms with E-state index in [1.807, 2.05) is 0 Å². The zero-order valence-corrected chi connectivity index (χ0v) is 8.25.